The summed E-state index contributed by atoms with van der Waals surface area (Å²) in [5.74, 6) is -1.35. The molecule has 0 radical (unpaired) electrons. The van der Waals surface area contributed by atoms with E-state index < -0.39 is 27.1 Å². The molecule has 2 N–H and O–H groups in total. The Bertz CT molecular complexity index is 1090. The summed E-state index contributed by atoms with van der Waals surface area (Å²) in [6, 6.07) is 5.62. The van der Waals surface area contributed by atoms with Crippen LogP contribution in [-0.4, -0.2) is 31.8 Å². The molecule has 1 aromatic carbocycles. The molecule has 0 fully saturated rings. The number of amides is 1. The van der Waals surface area contributed by atoms with Gasteiger partial charge in [-0.05, 0) is 47.7 Å². The lowest BCUT2D eigenvalue weighted by Gasteiger charge is -2.34. The minimum absolute atomic E-state index is 0.166. The number of nitrogens with two attached hydrogens (primary N) is 1. The summed E-state index contributed by atoms with van der Waals surface area (Å²) in [6.45, 7) is 5.22. The molecule has 27 heavy (non-hydrogen) atoms. The van der Waals surface area contributed by atoms with Gasteiger partial charge in [-0.3, -0.25) is 4.79 Å². The molecule has 3 rings (SSSR count). The van der Waals surface area contributed by atoms with Gasteiger partial charge >= 0.3 is 0 Å². The molecular weight excluding hydrogens is 369 g/mol. The van der Waals surface area contributed by atoms with Crippen LogP contribution in [0.15, 0.2) is 34.3 Å². The van der Waals surface area contributed by atoms with Crippen LogP contribution < -0.4 is 5.73 Å². The fourth-order valence-electron chi connectivity index (χ4n) is 3.17. The first-order valence-electron chi connectivity index (χ1n) is 8.35. The summed E-state index contributed by atoms with van der Waals surface area (Å²) in [5, 5.41) is -0.196. The Morgan fingerprint density at radius 3 is 2.41 bits per heavy atom. The number of sulfone groups is 1. The molecule has 142 valence electrons. The number of halogens is 1. The molecule has 1 aliphatic heterocycles. The van der Waals surface area contributed by atoms with Crippen LogP contribution in [0.25, 0.3) is 11.1 Å². The number of fused-ring (bicyclic) bond motifs is 1. The third-order valence-electron chi connectivity index (χ3n) is 4.86. The highest BCUT2D eigenvalue weighted by Crippen LogP contribution is 2.38. The normalized spacial score (nSPS) is 19.4. The molecule has 1 amide bonds. The van der Waals surface area contributed by atoms with Crippen LogP contribution >= 0.6 is 0 Å². The highest BCUT2D eigenvalue weighted by atomic mass is 32.2. The summed E-state index contributed by atoms with van der Waals surface area (Å²) < 4.78 is 38.0. The summed E-state index contributed by atoms with van der Waals surface area (Å²) in [7, 11) is -3.68. The van der Waals surface area contributed by atoms with E-state index in [0.717, 1.165) is 6.26 Å². The number of benzene rings is 1. The van der Waals surface area contributed by atoms with E-state index in [4.69, 9.17) is 5.73 Å². The van der Waals surface area contributed by atoms with Crippen molar-refractivity contribution in [2.24, 2.45) is 16.6 Å². The molecule has 0 saturated carbocycles. The molecule has 1 aromatic heterocycles. The topological polar surface area (TPSA) is 102 Å². The molecule has 1 atom stereocenters. The molecule has 1 aliphatic rings. The minimum atomic E-state index is -3.68. The number of pyridine rings is 1. The lowest BCUT2D eigenvalue weighted by Crippen LogP contribution is -2.51. The first kappa shape index (κ1) is 19.3. The summed E-state index contributed by atoms with van der Waals surface area (Å²) in [5.41, 5.74) is 7.20. The second kappa shape index (κ2) is 6.31. The Hall–Kier alpha value is -2.45. The van der Waals surface area contributed by atoms with Crippen LogP contribution in [-0.2, 0) is 20.2 Å². The highest BCUT2D eigenvalue weighted by molar-refractivity contribution is 7.90. The van der Waals surface area contributed by atoms with Crippen molar-refractivity contribution in [1.29, 1.82) is 0 Å². The van der Waals surface area contributed by atoms with E-state index in [1.165, 1.54) is 24.4 Å². The first-order chi connectivity index (χ1) is 12.5. The quantitative estimate of drug-likeness (QED) is 0.868. The van der Waals surface area contributed by atoms with Crippen molar-refractivity contribution in [3.8, 4) is 11.1 Å². The van der Waals surface area contributed by atoms with E-state index in [0.29, 0.717) is 22.3 Å². The number of nitrogens with zero attached hydrogens (tertiary/aromatic N) is 2. The van der Waals surface area contributed by atoms with E-state index in [1.807, 2.05) is 0 Å². The smallest absolute Gasteiger partial charge is 0.272 e. The second-order valence-corrected chi connectivity index (χ2v) is 9.05. The third-order valence-corrected chi connectivity index (χ3v) is 5.83. The van der Waals surface area contributed by atoms with Crippen LogP contribution in [0.2, 0.25) is 0 Å². The number of aliphatic imine (C=N–C) groups is 1. The van der Waals surface area contributed by atoms with Crippen molar-refractivity contribution in [2.75, 3.05) is 6.26 Å². The molecule has 0 spiro atoms. The van der Waals surface area contributed by atoms with Gasteiger partial charge in [-0.15, -0.1) is 0 Å². The predicted molar refractivity (Wildman–Crippen MR) is 101 cm³/mol. The van der Waals surface area contributed by atoms with Gasteiger partial charge in [0.2, 0.25) is 0 Å². The SMILES string of the molecule is Cc1cc(F)ccc1-c1cc(S(C)(=O)=O)nc2c1C=NC(=O)C2(N)C(C)C. The Labute approximate surface area is 157 Å². The number of hydrogen-bond donors (Lipinski definition) is 1. The number of aryl methyl sites for hydroxylation is 1. The van der Waals surface area contributed by atoms with Crippen LogP contribution in [0.1, 0.15) is 30.7 Å². The fraction of sp³-hybridized carbons (Fsp3) is 0.316. The first-order valence-corrected chi connectivity index (χ1v) is 10.2. The standard InChI is InChI=1S/C19H20FN3O3S/c1-10(2)19(21)17-15(9-22-18(19)24)14(8-16(23-17)27(4,25)26)13-6-5-12(20)7-11(13)3/h5-10H,21H2,1-4H3. The monoisotopic (exact) mass is 389 g/mol. The Morgan fingerprint density at radius 2 is 1.85 bits per heavy atom. The molecule has 0 bridgehead atoms. The van der Waals surface area contributed by atoms with Gasteiger partial charge in [-0.2, -0.15) is 0 Å². The van der Waals surface area contributed by atoms with Crippen LogP contribution in [0, 0.1) is 18.7 Å². The molecule has 8 heteroatoms. The Balaban J connectivity index is 2.45. The number of aromatic nitrogens is 1. The van der Waals surface area contributed by atoms with Gasteiger partial charge in [-0.1, -0.05) is 19.9 Å². The van der Waals surface area contributed by atoms with Crippen molar-refractivity contribution < 1.29 is 17.6 Å². The largest absolute Gasteiger partial charge is 0.312 e. The highest BCUT2D eigenvalue weighted by Gasteiger charge is 2.45. The Kier molecular flexibility index (Phi) is 4.52. The number of rotatable bonds is 3. The number of carbonyl (C=O) groups excluding carboxylic acids is 1. The maximum atomic E-state index is 13.6. The molecule has 0 aliphatic carbocycles. The second-order valence-electron chi connectivity index (χ2n) is 7.09. The van der Waals surface area contributed by atoms with Crippen LogP contribution in [0.3, 0.4) is 0 Å². The van der Waals surface area contributed by atoms with Crippen LogP contribution in [0.5, 0.6) is 0 Å². The van der Waals surface area contributed by atoms with Crippen molar-refractivity contribution in [3.05, 3.63) is 46.9 Å². The van der Waals surface area contributed by atoms with Gasteiger partial charge in [0.15, 0.2) is 14.9 Å². The van der Waals surface area contributed by atoms with E-state index in [9.17, 15) is 17.6 Å². The van der Waals surface area contributed by atoms with Gasteiger partial charge in [0.05, 0.1) is 5.69 Å². The van der Waals surface area contributed by atoms with Crippen molar-refractivity contribution in [1.82, 2.24) is 4.98 Å². The zero-order valence-corrected chi connectivity index (χ0v) is 16.3. The maximum absolute atomic E-state index is 13.6. The fourth-order valence-corrected chi connectivity index (χ4v) is 3.76. The average Bonchev–Trinajstić information content (AvgIpc) is 2.56. The number of carbonyl (C=O) groups is 1. The predicted octanol–water partition coefficient (Wildman–Crippen LogP) is 2.37. The van der Waals surface area contributed by atoms with Gasteiger partial charge in [0.1, 0.15) is 11.4 Å². The van der Waals surface area contributed by atoms with Gasteiger partial charge in [0, 0.05) is 18.0 Å². The zero-order chi connectivity index (χ0) is 20.1. The van der Waals surface area contributed by atoms with Crippen molar-refractivity contribution in [3.63, 3.8) is 0 Å². The van der Waals surface area contributed by atoms with Crippen molar-refractivity contribution >= 4 is 22.0 Å². The molecular formula is C19H20FN3O3S. The van der Waals surface area contributed by atoms with Gasteiger partial charge in [-0.25, -0.2) is 22.8 Å². The van der Waals surface area contributed by atoms with E-state index in [2.05, 4.69) is 9.98 Å². The Morgan fingerprint density at radius 1 is 1.19 bits per heavy atom. The van der Waals surface area contributed by atoms with Crippen molar-refractivity contribution in [2.45, 2.75) is 31.3 Å². The zero-order valence-electron chi connectivity index (χ0n) is 15.4. The summed E-state index contributed by atoms with van der Waals surface area (Å²) >= 11 is 0. The molecule has 0 saturated heterocycles. The molecule has 1 unspecified atom stereocenters. The minimum Gasteiger partial charge on any atom is -0.312 e. The lowest BCUT2D eigenvalue weighted by molar-refractivity contribution is -0.125. The summed E-state index contributed by atoms with van der Waals surface area (Å²) in [6.07, 6.45) is 2.39. The van der Waals surface area contributed by atoms with Gasteiger partial charge < -0.3 is 5.73 Å². The number of hydrogen-bond acceptors (Lipinski definition) is 5. The molecule has 2 aromatic rings. The van der Waals surface area contributed by atoms with E-state index >= 15 is 0 Å². The lowest BCUT2D eigenvalue weighted by atomic mass is 9.78. The molecule has 2 heterocycles. The average molecular weight is 389 g/mol. The van der Waals surface area contributed by atoms with E-state index in [-0.39, 0.29) is 16.6 Å². The van der Waals surface area contributed by atoms with Crippen LogP contribution in [0.4, 0.5) is 4.39 Å². The third kappa shape index (κ3) is 3.08. The van der Waals surface area contributed by atoms with E-state index in [1.54, 1.807) is 26.8 Å². The maximum Gasteiger partial charge on any atom is 0.272 e. The van der Waals surface area contributed by atoms with Gasteiger partial charge in [0.25, 0.3) is 5.91 Å². The molecule has 6 nitrogen and oxygen atoms in total. The summed E-state index contributed by atoms with van der Waals surface area (Å²) in [4.78, 5) is 20.6.